The molecule has 0 radical (unpaired) electrons. The smallest absolute Gasteiger partial charge is 0.129 e. The van der Waals surface area contributed by atoms with Crippen molar-refractivity contribution >= 4 is 5.71 Å². The topological polar surface area (TPSA) is 41.8 Å². The number of hydrogen-bond donors (Lipinski definition) is 1. The van der Waals surface area contributed by atoms with Crippen LogP contribution in [-0.2, 0) is 0 Å². The van der Waals surface area contributed by atoms with E-state index in [1.807, 2.05) is 55.5 Å². The molecule has 1 aliphatic heterocycles. The molecule has 3 nitrogen and oxygen atoms in total. The Hall–Kier alpha value is -2.29. The number of ether oxygens (including phenoxy) is 1. The summed E-state index contributed by atoms with van der Waals surface area (Å²) in [6.45, 7) is 2.01. The predicted molar refractivity (Wildman–Crippen MR) is 73.9 cm³/mol. The average molecular weight is 253 g/mol. The molecule has 0 saturated heterocycles. The van der Waals surface area contributed by atoms with Crippen LogP contribution in [0.25, 0.3) is 0 Å². The molecule has 0 spiro atoms. The molecule has 0 amide bonds. The molecule has 2 aromatic rings. The van der Waals surface area contributed by atoms with Crippen LogP contribution in [0.15, 0.2) is 53.7 Å². The lowest BCUT2D eigenvalue weighted by Crippen LogP contribution is -2.21. The van der Waals surface area contributed by atoms with Crippen LogP contribution >= 0.6 is 0 Å². The number of rotatable bonds is 1. The van der Waals surface area contributed by atoms with E-state index in [2.05, 4.69) is 5.16 Å². The second-order valence-electron chi connectivity index (χ2n) is 4.77. The molecule has 0 saturated carbocycles. The van der Waals surface area contributed by atoms with Gasteiger partial charge in [0, 0.05) is 12.0 Å². The van der Waals surface area contributed by atoms with Gasteiger partial charge in [0.05, 0.1) is 5.71 Å². The van der Waals surface area contributed by atoms with E-state index >= 15 is 0 Å². The summed E-state index contributed by atoms with van der Waals surface area (Å²) >= 11 is 0. The molecule has 3 heteroatoms. The van der Waals surface area contributed by atoms with E-state index in [0.29, 0.717) is 12.1 Å². The van der Waals surface area contributed by atoms with Crippen LogP contribution in [0, 0.1) is 6.92 Å². The highest BCUT2D eigenvalue weighted by molar-refractivity contribution is 6.03. The van der Waals surface area contributed by atoms with Crippen molar-refractivity contribution < 1.29 is 9.94 Å². The van der Waals surface area contributed by atoms with Gasteiger partial charge in [0.15, 0.2) is 0 Å². The van der Waals surface area contributed by atoms with Crippen molar-refractivity contribution in [2.24, 2.45) is 5.16 Å². The number of nitrogens with zero attached hydrogens (tertiary/aromatic N) is 1. The van der Waals surface area contributed by atoms with Crippen LogP contribution in [0.3, 0.4) is 0 Å². The summed E-state index contributed by atoms with van der Waals surface area (Å²) in [5.74, 6) is 0.776. The first-order valence-electron chi connectivity index (χ1n) is 6.31. The Labute approximate surface area is 112 Å². The molecule has 0 aliphatic carbocycles. The fourth-order valence-electron chi connectivity index (χ4n) is 2.40. The largest absolute Gasteiger partial charge is 0.485 e. The second-order valence-corrected chi connectivity index (χ2v) is 4.77. The lowest BCUT2D eigenvalue weighted by molar-refractivity contribution is 0.203. The van der Waals surface area contributed by atoms with Crippen molar-refractivity contribution in [3.63, 3.8) is 0 Å². The molecule has 1 unspecified atom stereocenters. The molecule has 19 heavy (non-hydrogen) atoms. The van der Waals surface area contributed by atoms with Crippen LogP contribution in [0.5, 0.6) is 5.75 Å². The molecular formula is C16H15NO2. The summed E-state index contributed by atoms with van der Waals surface area (Å²) < 4.78 is 6.01. The molecule has 0 aromatic heterocycles. The maximum Gasteiger partial charge on any atom is 0.129 e. The normalized spacial score (nSPS) is 19.8. The van der Waals surface area contributed by atoms with Gasteiger partial charge in [-0.3, -0.25) is 0 Å². The van der Waals surface area contributed by atoms with E-state index in [1.165, 1.54) is 0 Å². The highest BCUT2D eigenvalue weighted by Gasteiger charge is 2.26. The first-order valence-corrected chi connectivity index (χ1v) is 6.31. The molecule has 1 heterocycles. The molecule has 1 N–H and O–H groups in total. The summed E-state index contributed by atoms with van der Waals surface area (Å²) in [6, 6.07) is 15.9. The number of fused-ring (bicyclic) bond motifs is 1. The summed E-state index contributed by atoms with van der Waals surface area (Å²) in [5.41, 5.74) is 3.78. The molecule has 0 bridgehead atoms. The molecule has 1 atom stereocenters. The van der Waals surface area contributed by atoms with Crippen LogP contribution in [0.4, 0.5) is 0 Å². The van der Waals surface area contributed by atoms with Gasteiger partial charge < -0.3 is 9.94 Å². The van der Waals surface area contributed by atoms with Gasteiger partial charge in [0.1, 0.15) is 11.9 Å². The molecule has 2 aromatic carbocycles. The molecule has 0 fully saturated rings. The van der Waals surface area contributed by atoms with Gasteiger partial charge in [-0.05, 0) is 24.6 Å². The maximum atomic E-state index is 9.23. The highest BCUT2D eigenvalue weighted by Crippen LogP contribution is 2.35. The molecule has 3 rings (SSSR count). The predicted octanol–water partition coefficient (Wildman–Crippen LogP) is 3.70. The van der Waals surface area contributed by atoms with Gasteiger partial charge in [0.2, 0.25) is 0 Å². The fraction of sp³-hybridized carbons (Fsp3) is 0.188. The standard InChI is InChI=1S/C16H15NO2/c1-11-7-8-15-13(9-11)14(17-18)10-16(19-15)12-5-3-2-4-6-12/h2-9,16,18H,10H2,1H3/b17-14-. The molecule has 1 aliphatic rings. The van der Waals surface area contributed by atoms with Gasteiger partial charge in [-0.1, -0.05) is 47.1 Å². The third-order valence-electron chi connectivity index (χ3n) is 3.39. The van der Waals surface area contributed by atoms with Crippen LogP contribution in [0.1, 0.15) is 29.2 Å². The zero-order chi connectivity index (χ0) is 13.2. The van der Waals surface area contributed by atoms with Gasteiger partial charge >= 0.3 is 0 Å². The number of oxime groups is 1. The van der Waals surface area contributed by atoms with Crippen molar-refractivity contribution in [2.75, 3.05) is 0 Å². The van der Waals surface area contributed by atoms with Crippen LogP contribution in [-0.4, -0.2) is 10.9 Å². The fourth-order valence-corrected chi connectivity index (χ4v) is 2.40. The van der Waals surface area contributed by atoms with E-state index in [1.54, 1.807) is 0 Å². The molecule has 96 valence electrons. The summed E-state index contributed by atoms with van der Waals surface area (Å²) in [4.78, 5) is 0. The van der Waals surface area contributed by atoms with Gasteiger partial charge in [-0.2, -0.15) is 0 Å². The quantitative estimate of drug-likeness (QED) is 0.622. The van der Waals surface area contributed by atoms with E-state index < -0.39 is 0 Å². The van der Waals surface area contributed by atoms with Crippen LogP contribution < -0.4 is 4.74 Å². The molecular weight excluding hydrogens is 238 g/mol. The third-order valence-corrected chi connectivity index (χ3v) is 3.39. The lowest BCUT2D eigenvalue weighted by atomic mass is 9.95. The van der Waals surface area contributed by atoms with E-state index in [4.69, 9.17) is 4.74 Å². The van der Waals surface area contributed by atoms with E-state index in [9.17, 15) is 5.21 Å². The van der Waals surface area contributed by atoms with Crippen molar-refractivity contribution in [3.8, 4) is 5.75 Å². The minimum atomic E-state index is -0.0951. The Morgan fingerprint density at radius 3 is 2.68 bits per heavy atom. The Bertz CT molecular complexity index is 620. The zero-order valence-electron chi connectivity index (χ0n) is 10.7. The SMILES string of the molecule is Cc1ccc2c(c1)/C(=N\O)CC(c1ccccc1)O2. The van der Waals surface area contributed by atoms with Crippen LogP contribution in [0.2, 0.25) is 0 Å². The van der Waals surface area contributed by atoms with Gasteiger partial charge in [0.25, 0.3) is 0 Å². The number of benzene rings is 2. The Kier molecular flexibility index (Phi) is 2.95. The summed E-state index contributed by atoms with van der Waals surface area (Å²) in [7, 11) is 0. The summed E-state index contributed by atoms with van der Waals surface area (Å²) in [5, 5.41) is 12.7. The van der Waals surface area contributed by atoms with Crippen molar-refractivity contribution in [2.45, 2.75) is 19.4 Å². The van der Waals surface area contributed by atoms with Gasteiger partial charge in [-0.15, -0.1) is 0 Å². The minimum absolute atomic E-state index is 0.0951. The van der Waals surface area contributed by atoms with Crippen molar-refractivity contribution in [1.82, 2.24) is 0 Å². The Balaban J connectivity index is 2.01. The lowest BCUT2D eigenvalue weighted by Gasteiger charge is -2.27. The average Bonchev–Trinajstić information content (AvgIpc) is 2.47. The Morgan fingerprint density at radius 2 is 1.95 bits per heavy atom. The zero-order valence-corrected chi connectivity index (χ0v) is 10.7. The maximum absolute atomic E-state index is 9.23. The Morgan fingerprint density at radius 1 is 1.16 bits per heavy atom. The van der Waals surface area contributed by atoms with E-state index in [-0.39, 0.29) is 6.10 Å². The number of aryl methyl sites for hydroxylation is 1. The van der Waals surface area contributed by atoms with Crippen molar-refractivity contribution in [3.05, 3.63) is 65.2 Å². The number of hydrogen-bond acceptors (Lipinski definition) is 3. The minimum Gasteiger partial charge on any atom is -0.485 e. The second kappa shape index (κ2) is 4.76. The monoisotopic (exact) mass is 253 g/mol. The highest BCUT2D eigenvalue weighted by atomic mass is 16.5. The first-order chi connectivity index (χ1) is 9.28. The van der Waals surface area contributed by atoms with Crippen molar-refractivity contribution in [1.29, 1.82) is 0 Å². The van der Waals surface area contributed by atoms with Gasteiger partial charge in [-0.25, -0.2) is 0 Å². The summed E-state index contributed by atoms with van der Waals surface area (Å²) in [6.07, 6.45) is 0.485. The van der Waals surface area contributed by atoms with E-state index in [0.717, 1.165) is 22.4 Å². The third kappa shape index (κ3) is 2.19. The first kappa shape index (κ1) is 11.8.